The fourth-order valence-corrected chi connectivity index (χ4v) is 2.17. The summed E-state index contributed by atoms with van der Waals surface area (Å²) in [6.45, 7) is 0. The lowest BCUT2D eigenvalue weighted by atomic mass is 9.91. The Morgan fingerprint density at radius 3 is 3.00 bits per heavy atom. The number of anilines is 1. The number of hydrogen-bond acceptors (Lipinski definition) is 4. The highest BCUT2D eigenvalue weighted by atomic mass is 35.5. The van der Waals surface area contributed by atoms with Crippen molar-refractivity contribution in [3.05, 3.63) is 21.6 Å². The van der Waals surface area contributed by atoms with E-state index in [0.29, 0.717) is 5.69 Å². The molecule has 16 heavy (non-hydrogen) atoms. The second kappa shape index (κ2) is 4.84. The zero-order valence-electron chi connectivity index (χ0n) is 8.87. The van der Waals surface area contributed by atoms with E-state index in [0.717, 1.165) is 19.3 Å². The summed E-state index contributed by atoms with van der Waals surface area (Å²) >= 11 is 5.87. The number of halogens is 1. The molecule has 0 spiro atoms. The number of aromatic nitrogens is 2. The van der Waals surface area contributed by atoms with Crippen LogP contribution in [0.2, 0.25) is 5.02 Å². The number of nitrogens with two attached hydrogens (primary N) is 1. The van der Waals surface area contributed by atoms with Crippen molar-refractivity contribution in [3.8, 4) is 0 Å². The Bertz CT molecular complexity index is 420. The molecule has 0 saturated heterocycles. The van der Waals surface area contributed by atoms with E-state index in [9.17, 15) is 4.79 Å². The Hall–Kier alpha value is -1.07. The minimum absolute atomic E-state index is 0.115. The summed E-state index contributed by atoms with van der Waals surface area (Å²) in [5, 5.41) is 9.34. The predicted molar refractivity (Wildman–Crippen MR) is 63.7 cm³/mol. The van der Waals surface area contributed by atoms with E-state index in [1.165, 1.54) is 12.6 Å². The molecule has 0 bridgehead atoms. The maximum atomic E-state index is 11.2. The first-order valence-corrected chi connectivity index (χ1v) is 5.81. The third kappa shape index (κ3) is 2.36. The maximum absolute atomic E-state index is 11.2. The molecule has 0 aliphatic heterocycles. The molecule has 1 heterocycles. The van der Waals surface area contributed by atoms with E-state index >= 15 is 0 Å². The van der Waals surface area contributed by atoms with Crippen molar-refractivity contribution in [1.82, 2.24) is 10.2 Å². The molecule has 2 atom stereocenters. The fourth-order valence-electron chi connectivity index (χ4n) is 2.02. The molecular weight excluding hydrogens is 228 g/mol. The molecule has 0 amide bonds. The number of hydrogen-bond donors (Lipinski definition) is 3. The predicted octanol–water partition coefficient (Wildman–Crippen LogP) is 1.11. The number of aromatic amines is 1. The second-order valence-electron chi connectivity index (χ2n) is 4.13. The summed E-state index contributed by atoms with van der Waals surface area (Å²) < 4.78 is 0. The topological polar surface area (TPSA) is 83.8 Å². The van der Waals surface area contributed by atoms with Gasteiger partial charge in [-0.05, 0) is 12.8 Å². The van der Waals surface area contributed by atoms with Crippen LogP contribution in [0.5, 0.6) is 0 Å². The normalized spacial score (nSPS) is 25.4. The van der Waals surface area contributed by atoms with Crippen molar-refractivity contribution in [3.63, 3.8) is 0 Å². The average molecular weight is 243 g/mol. The van der Waals surface area contributed by atoms with E-state index in [2.05, 4.69) is 15.5 Å². The highest BCUT2D eigenvalue weighted by Gasteiger charge is 2.22. The summed E-state index contributed by atoms with van der Waals surface area (Å²) in [7, 11) is 0. The van der Waals surface area contributed by atoms with E-state index in [1.807, 2.05) is 0 Å². The monoisotopic (exact) mass is 242 g/mol. The van der Waals surface area contributed by atoms with E-state index < -0.39 is 0 Å². The lowest BCUT2D eigenvalue weighted by Crippen LogP contribution is -2.42. The first kappa shape index (κ1) is 11.4. The number of rotatable bonds is 2. The van der Waals surface area contributed by atoms with Crippen LogP contribution in [0.3, 0.4) is 0 Å². The molecule has 88 valence electrons. The van der Waals surface area contributed by atoms with Gasteiger partial charge in [-0.1, -0.05) is 24.4 Å². The Morgan fingerprint density at radius 1 is 1.50 bits per heavy atom. The van der Waals surface area contributed by atoms with E-state index in [4.69, 9.17) is 17.3 Å². The highest BCUT2D eigenvalue weighted by Crippen LogP contribution is 2.23. The molecule has 2 unspecified atom stereocenters. The minimum atomic E-state index is -0.379. The second-order valence-corrected chi connectivity index (χ2v) is 4.50. The van der Waals surface area contributed by atoms with Crippen LogP contribution in [-0.2, 0) is 0 Å². The molecular formula is C10H15ClN4O. The molecule has 4 N–H and O–H groups in total. The highest BCUT2D eigenvalue weighted by molar-refractivity contribution is 6.32. The van der Waals surface area contributed by atoms with Crippen LogP contribution in [0.4, 0.5) is 5.69 Å². The van der Waals surface area contributed by atoms with Crippen molar-refractivity contribution in [2.45, 2.75) is 37.8 Å². The Kier molecular flexibility index (Phi) is 3.46. The zero-order valence-corrected chi connectivity index (χ0v) is 9.63. The van der Waals surface area contributed by atoms with Crippen molar-refractivity contribution in [2.75, 3.05) is 5.32 Å². The van der Waals surface area contributed by atoms with Gasteiger partial charge in [0.15, 0.2) is 0 Å². The quantitative estimate of drug-likeness (QED) is 0.725. The fraction of sp³-hybridized carbons (Fsp3) is 0.600. The lowest BCUT2D eigenvalue weighted by Gasteiger charge is -2.30. The molecule has 1 saturated carbocycles. The Labute approximate surface area is 98.4 Å². The van der Waals surface area contributed by atoms with Crippen LogP contribution in [0.1, 0.15) is 25.7 Å². The number of nitrogens with one attached hydrogen (secondary N) is 2. The van der Waals surface area contributed by atoms with E-state index in [1.54, 1.807) is 0 Å². The molecule has 1 aliphatic carbocycles. The van der Waals surface area contributed by atoms with Gasteiger partial charge in [0.1, 0.15) is 5.02 Å². The summed E-state index contributed by atoms with van der Waals surface area (Å²) in [6, 6.07) is 0.291. The molecule has 1 fully saturated rings. The molecule has 0 radical (unpaired) electrons. The van der Waals surface area contributed by atoms with Crippen LogP contribution < -0.4 is 16.6 Å². The summed E-state index contributed by atoms with van der Waals surface area (Å²) in [5.74, 6) is 0. The van der Waals surface area contributed by atoms with Gasteiger partial charge in [0.05, 0.1) is 11.9 Å². The third-order valence-electron chi connectivity index (χ3n) is 2.96. The summed E-state index contributed by atoms with van der Waals surface area (Å²) in [4.78, 5) is 11.2. The molecule has 5 nitrogen and oxygen atoms in total. The SMILES string of the molecule is NC1CCCCC1Nc1cn[nH]c(=O)c1Cl. The molecule has 2 rings (SSSR count). The van der Waals surface area contributed by atoms with Crippen molar-refractivity contribution >= 4 is 17.3 Å². The van der Waals surface area contributed by atoms with Gasteiger partial charge in [0, 0.05) is 12.1 Å². The van der Waals surface area contributed by atoms with Crippen LogP contribution in [0.25, 0.3) is 0 Å². The number of nitrogens with zero attached hydrogens (tertiary/aromatic N) is 1. The zero-order chi connectivity index (χ0) is 11.5. The van der Waals surface area contributed by atoms with Gasteiger partial charge < -0.3 is 11.1 Å². The molecule has 0 aromatic carbocycles. The lowest BCUT2D eigenvalue weighted by molar-refractivity contribution is 0.404. The maximum Gasteiger partial charge on any atom is 0.285 e. The van der Waals surface area contributed by atoms with Crippen molar-refractivity contribution < 1.29 is 0 Å². The largest absolute Gasteiger partial charge is 0.378 e. The van der Waals surface area contributed by atoms with Gasteiger partial charge >= 0.3 is 0 Å². The van der Waals surface area contributed by atoms with Crippen molar-refractivity contribution in [2.24, 2.45) is 5.73 Å². The average Bonchev–Trinajstić information content (AvgIpc) is 2.28. The van der Waals surface area contributed by atoms with Crippen LogP contribution >= 0.6 is 11.6 Å². The third-order valence-corrected chi connectivity index (χ3v) is 3.33. The Balaban J connectivity index is 2.14. The van der Waals surface area contributed by atoms with Crippen LogP contribution in [0.15, 0.2) is 11.0 Å². The molecule has 6 heteroatoms. The van der Waals surface area contributed by atoms with Gasteiger partial charge in [0.2, 0.25) is 0 Å². The van der Waals surface area contributed by atoms with Gasteiger partial charge in [-0.15, -0.1) is 0 Å². The van der Waals surface area contributed by atoms with E-state index in [-0.39, 0.29) is 22.7 Å². The standard InChI is InChI=1S/C10H15ClN4O/c11-9-8(5-13-15-10(9)16)14-7-4-2-1-3-6(7)12/h5-7H,1-4,12H2,(H2,14,15,16). The first-order chi connectivity index (χ1) is 7.68. The van der Waals surface area contributed by atoms with Crippen LogP contribution in [0, 0.1) is 0 Å². The minimum Gasteiger partial charge on any atom is -0.378 e. The first-order valence-electron chi connectivity index (χ1n) is 5.44. The number of H-pyrrole nitrogens is 1. The molecule has 1 aromatic rings. The molecule has 1 aliphatic rings. The van der Waals surface area contributed by atoms with Crippen LogP contribution in [-0.4, -0.2) is 22.3 Å². The van der Waals surface area contributed by atoms with Gasteiger partial charge in [-0.2, -0.15) is 5.10 Å². The van der Waals surface area contributed by atoms with Gasteiger partial charge in [-0.3, -0.25) is 4.79 Å². The summed E-state index contributed by atoms with van der Waals surface area (Å²) in [6.07, 6.45) is 5.85. The Morgan fingerprint density at radius 2 is 2.25 bits per heavy atom. The van der Waals surface area contributed by atoms with Crippen molar-refractivity contribution in [1.29, 1.82) is 0 Å². The van der Waals surface area contributed by atoms with Gasteiger partial charge in [-0.25, -0.2) is 5.10 Å². The molecule has 1 aromatic heterocycles. The summed E-state index contributed by atoms with van der Waals surface area (Å²) in [5.41, 5.74) is 6.19. The smallest absolute Gasteiger partial charge is 0.285 e. The van der Waals surface area contributed by atoms with Gasteiger partial charge in [0.25, 0.3) is 5.56 Å².